The Bertz CT molecular complexity index is 600. The molecule has 1 aliphatic carbocycles. The topological polar surface area (TPSA) is 70.7 Å². The fourth-order valence-electron chi connectivity index (χ4n) is 2.41. The van der Waals surface area contributed by atoms with Crippen molar-refractivity contribution in [2.24, 2.45) is 5.92 Å². The van der Waals surface area contributed by atoms with E-state index in [-0.39, 0.29) is 48.5 Å². The lowest BCUT2D eigenvalue weighted by Gasteiger charge is -2.27. The molecule has 120 valence electrons. The van der Waals surface area contributed by atoms with Crippen molar-refractivity contribution in [3.8, 4) is 6.07 Å². The highest BCUT2D eigenvalue weighted by Gasteiger charge is 2.37. The molecule has 1 aromatic heterocycles. The van der Waals surface area contributed by atoms with Gasteiger partial charge in [0.05, 0.1) is 5.54 Å². The number of carbonyl (C=O) groups is 1. The predicted molar refractivity (Wildman–Crippen MR) is 77.5 cm³/mol. The molecule has 0 atom stereocenters. The van der Waals surface area contributed by atoms with Gasteiger partial charge in [-0.05, 0) is 33.6 Å². The molecule has 2 rings (SSSR count). The Morgan fingerprint density at radius 1 is 1.45 bits per heavy atom. The van der Waals surface area contributed by atoms with E-state index in [2.05, 4.69) is 10.4 Å². The number of anilines is 1. The predicted octanol–water partition coefficient (Wildman–Crippen LogP) is 3.27. The van der Waals surface area contributed by atoms with Gasteiger partial charge in [0.1, 0.15) is 11.6 Å². The van der Waals surface area contributed by atoms with E-state index in [1.807, 2.05) is 26.8 Å². The van der Waals surface area contributed by atoms with Crippen molar-refractivity contribution in [1.82, 2.24) is 9.78 Å². The fraction of sp³-hybridized carbons (Fsp3) is 0.667. The number of hydrogen-bond donors (Lipinski definition) is 1. The molecule has 1 heterocycles. The largest absolute Gasteiger partial charge is 0.308 e. The van der Waals surface area contributed by atoms with Crippen LogP contribution in [0.1, 0.15) is 52.0 Å². The molecule has 5 nitrogen and oxygen atoms in total. The molecule has 22 heavy (non-hydrogen) atoms. The number of nitrogens with one attached hydrogen (secondary N) is 1. The number of hydrogen-bond acceptors (Lipinski definition) is 3. The van der Waals surface area contributed by atoms with Crippen LogP contribution >= 0.6 is 0 Å². The molecule has 7 heteroatoms. The third-order valence-corrected chi connectivity index (χ3v) is 3.85. The first-order valence-corrected chi connectivity index (χ1v) is 7.31. The Balaban J connectivity index is 2.09. The number of rotatable bonds is 2. The standard InChI is InChI=1S/C15H20F2N4O/c1-14(2,3)21-9-11(8-18)12(20-21)19-13(22)10-4-6-15(16,17)7-5-10/h9-10H,4-7H2,1-3H3,(H,19,20,22). The van der Waals surface area contributed by atoms with Gasteiger partial charge in [0.2, 0.25) is 11.8 Å². The maximum Gasteiger partial charge on any atom is 0.248 e. The van der Waals surface area contributed by atoms with E-state index in [4.69, 9.17) is 5.26 Å². The Labute approximate surface area is 128 Å². The molecule has 1 aromatic rings. The van der Waals surface area contributed by atoms with Crippen LogP contribution in [-0.4, -0.2) is 21.6 Å². The van der Waals surface area contributed by atoms with Crippen molar-refractivity contribution in [2.45, 2.75) is 57.9 Å². The van der Waals surface area contributed by atoms with E-state index in [0.717, 1.165) is 0 Å². The van der Waals surface area contributed by atoms with Crippen LogP contribution in [0.3, 0.4) is 0 Å². The zero-order chi connectivity index (χ0) is 16.5. The molecule has 1 N–H and O–H groups in total. The molecule has 0 radical (unpaired) electrons. The first-order valence-electron chi connectivity index (χ1n) is 7.31. The molecule has 0 aliphatic heterocycles. The van der Waals surface area contributed by atoms with Gasteiger partial charge in [0.25, 0.3) is 0 Å². The van der Waals surface area contributed by atoms with Gasteiger partial charge in [-0.1, -0.05) is 0 Å². The summed E-state index contributed by atoms with van der Waals surface area (Å²) in [7, 11) is 0. The number of alkyl halides is 2. The van der Waals surface area contributed by atoms with Gasteiger partial charge in [-0.3, -0.25) is 9.48 Å². The van der Waals surface area contributed by atoms with Crippen LogP contribution in [0.15, 0.2) is 6.20 Å². The normalized spacial score (nSPS) is 18.7. The average molecular weight is 310 g/mol. The second-order valence-corrected chi connectivity index (χ2v) is 6.74. The fourth-order valence-corrected chi connectivity index (χ4v) is 2.41. The summed E-state index contributed by atoms with van der Waals surface area (Å²) in [6.45, 7) is 5.78. The Kier molecular flexibility index (Phi) is 4.23. The lowest BCUT2D eigenvalue weighted by molar-refractivity contribution is -0.124. The van der Waals surface area contributed by atoms with Crippen LogP contribution in [0, 0.1) is 17.2 Å². The minimum atomic E-state index is -2.66. The van der Waals surface area contributed by atoms with Gasteiger partial charge in [-0.2, -0.15) is 10.4 Å². The molecule has 1 fully saturated rings. The van der Waals surface area contributed by atoms with Crippen LogP contribution < -0.4 is 5.32 Å². The second-order valence-electron chi connectivity index (χ2n) is 6.74. The van der Waals surface area contributed by atoms with Crippen molar-refractivity contribution in [2.75, 3.05) is 5.32 Å². The number of nitrogens with zero attached hydrogens (tertiary/aromatic N) is 3. The van der Waals surface area contributed by atoms with E-state index in [1.165, 1.54) is 0 Å². The van der Waals surface area contributed by atoms with Crippen LogP contribution in [0.5, 0.6) is 0 Å². The highest BCUT2D eigenvalue weighted by Crippen LogP contribution is 2.36. The molecule has 0 bridgehead atoms. The van der Waals surface area contributed by atoms with E-state index in [9.17, 15) is 13.6 Å². The molecular formula is C15H20F2N4O. The van der Waals surface area contributed by atoms with Crippen LogP contribution in [-0.2, 0) is 10.3 Å². The SMILES string of the molecule is CC(C)(C)n1cc(C#N)c(NC(=O)C2CCC(F)(F)CC2)n1. The highest BCUT2D eigenvalue weighted by atomic mass is 19.3. The third-order valence-electron chi connectivity index (χ3n) is 3.85. The first-order chi connectivity index (χ1) is 10.1. The van der Waals surface area contributed by atoms with Crippen molar-refractivity contribution < 1.29 is 13.6 Å². The Morgan fingerprint density at radius 2 is 2.05 bits per heavy atom. The quantitative estimate of drug-likeness (QED) is 0.911. The van der Waals surface area contributed by atoms with Gasteiger partial charge in [0.15, 0.2) is 5.82 Å². The summed E-state index contributed by atoms with van der Waals surface area (Å²) < 4.78 is 27.9. The van der Waals surface area contributed by atoms with E-state index >= 15 is 0 Å². The lowest BCUT2D eigenvalue weighted by Crippen LogP contribution is -2.32. The third kappa shape index (κ3) is 3.62. The average Bonchev–Trinajstić information content (AvgIpc) is 2.81. The summed E-state index contributed by atoms with van der Waals surface area (Å²) in [5, 5.41) is 16.0. The zero-order valence-corrected chi connectivity index (χ0v) is 13.0. The van der Waals surface area contributed by atoms with Crippen molar-refractivity contribution in [3.63, 3.8) is 0 Å². The molecule has 0 unspecified atom stereocenters. The molecule has 1 saturated carbocycles. The maximum atomic E-state index is 13.1. The molecule has 1 aliphatic rings. The van der Waals surface area contributed by atoms with Crippen LogP contribution in [0.2, 0.25) is 0 Å². The molecular weight excluding hydrogens is 290 g/mol. The van der Waals surface area contributed by atoms with E-state index in [1.54, 1.807) is 10.9 Å². The summed E-state index contributed by atoms with van der Waals surface area (Å²) in [6.07, 6.45) is 1.34. The van der Waals surface area contributed by atoms with Crippen LogP contribution in [0.25, 0.3) is 0 Å². The van der Waals surface area contributed by atoms with Gasteiger partial charge in [0, 0.05) is 25.0 Å². The number of nitriles is 1. The number of aromatic nitrogens is 2. The van der Waals surface area contributed by atoms with Gasteiger partial charge in [-0.25, -0.2) is 8.78 Å². The van der Waals surface area contributed by atoms with E-state index in [0.29, 0.717) is 0 Å². The summed E-state index contributed by atoms with van der Waals surface area (Å²) in [5.74, 6) is -3.26. The lowest BCUT2D eigenvalue weighted by atomic mass is 9.86. The van der Waals surface area contributed by atoms with Crippen molar-refractivity contribution in [3.05, 3.63) is 11.8 Å². The molecule has 0 spiro atoms. The molecule has 0 aromatic carbocycles. The van der Waals surface area contributed by atoms with Crippen molar-refractivity contribution in [1.29, 1.82) is 5.26 Å². The first kappa shape index (κ1) is 16.4. The number of carbonyl (C=O) groups excluding carboxylic acids is 1. The monoisotopic (exact) mass is 310 g/mol. The Hall–Kier alpha value is -1.97. The van der Waals surface area contributed by atoms with Crippen molar-refractivity contribution >= 4 is 11.7 Å². The minimum absolute atomic E-state index is 0.153. The molecule has 1 amide bonds. The number of halogens is 2. The second kappa shape index (κ2) is 5.67. The highest BCUT2D eigenvalue weighted by molar-refractivity contribution is 5.92. The molecule has 0 saturated heterocycles. The summed E-state index contributed by atoms with van der Waals surface area (Å²) >= 11 is 0. The van der Waals surface area contributed by atoms with Gasteiger partial charge < -0.3 is 5.32 Å². The van der Waals surface area contributed by atoms with E-state index < -0.39 is 11.8 Å². The maximum absolute atomic E-state index is 13.1. The summed E-state index contributed by atoms with van der Waals surface area (Å²) in [5.41, 5.74) is -0.0500. The smallest absolute Gasteiger partial charge is 0.248 e. The van der Waals surface area contributed by atoms with Crippen LogP contribution in [0.4, 0.5) is 14.6 Å². The summed E-state index contributed by atoms with van der Waals surface area (Å²) in [4.78, 5) is 12.2. The number of amides is 1. The minimum Gasteiger partial charge on any atom is -0.308 e. The zero-order valence-electron chi connectivity index (χ0n) is 13.0. The Morgan fingerprint density at radius 3 is 2.55 bits per heavy atom. The van der Waals surface area contributed by atoms with Gasteiger partial charge >= 0.3 is 0 Å². The summed E-state index contributed by atoms with van der Waals surface area (Å²) in [6, 6.07) is 1.99. The van der Waals surface area contributed by atoms with Gasteiger partial charge in [-0.15, -0.1) is 0 Å².